The zero-order chi connectivity index (χ0) is 12.4. The van der Waals surface area contributed by atoms with E-state index < -0.39 is 6.10 Å². The fraction of sp³-hybridized carbons (Fsp3) is 0.286. The number of hydrogen-bond acceptors (Lipinski definition) is 3. The smallest absolute Gasteiger partial charge is 0.119 e. The first-order chi connectivity index (χ1) is 8.11. The molecule has 0 aromatic heterocycles. The number of aliphatic hydroxyl groups is 1. The molecule has 2 aromatic carbocycles. The average molecular weight is 268 g/mol. The van der Waals surface area contributed by atoms with Gasteiger partial charge in [-0.15, -0.1) is 12.4 Å². The molecule has 0 fully saturated rings. The lowest BCUT2D eigenvalue weighted by Crippen LogP contribution is -2.24. The summed E-state index contributed by atoms with van der Waals surface area (Å²) < 4.78 is 5.17. The summed E-state index contributed by atoms with van der Waals surface area (Å²) in [6.07, 6.45) is -0.624. The summed E-state index contributed by atoms with van der Waals surface area (Å²) in [6, 6.07) is 11.4. The Morgan fingerprint density at radius 1 is 1.11 bits per heavy atom. The number of ether oxygens (including phenoxy) is 1. The zero-order valence-electron chi connectivity index (χ0n) is 10.5. The number of aliphatic hydroxyl groups excluding tert-OH is 1. The van der Waals surface area contributed by atoms with E-state index in [1.165, 1.54) is 0 Å². The molecule has 3 nitrogen and oxygen atoms in total. The molecule has 0 heterocycles. The van der Waals surface area contributed by atoms with Gasteiger partial charge in [0.15, 0.2) is 0 Å². The second-order valence-corrected chi connectivity index (χ2v) is 4.28. The quantitative estimate of drug-likeness (QED) is 0.899. The van der Waals surface area contributed by atoms with Crippen molar-refractivity contribution < 1.29 is 9.84 Å². The van der Waals surface area contributed by atoms with Crippen LogP contribution in [0.25, 0.3) is 10.8 Å². The molecule has 0 spiro atoms. The molecule has 0 saturated carbocycles. The molecule has 0 bridgehead atoms. The summed E-state index contributed by atoms with van der Waals surface area (Å²) >= 11 is 0. The summed E-state index contributed by atoms with van der Waals surface area (Å²) in [4.78, 5) is 0. The van der Waals surface area contributed by atoms with Gasteiger partial charge in [0.05, 0.1) is 13.2 Å². The maximum absolute atomic E-state index is 9.91. The monoisotopic (exact) mass is 267 g/mol. The van der Waals surface area contributed by atoms with E-state index in [4.69, 9.17) is 10.5 Å². The first-order valence-corrected chi connectivity index (χ1v) is 5.63. The summed E-state index contributed by atoms with van der Waals surface area (Å²) in [5.74, 6) is 0.831. The van der Waals surface area contributed by atoms with Crippen LogP contribution in [0.15, 0.2) is 36.4 Å². The van der Waals surface area contributed by atoms with Crippen molar-refractivity contribution in [1.82, 2.24) is 0 Å². The Labute approximate surface area is 113 Å². The van der Waals surface area contributed by atoms with Crippen LogP contribution in [0.4, 0.5) is 0 Å². The number of rotatable bonds is 3. The summed E-state index contributed by atoms with van der Waals surface area (Å²) in [7, 11) is 1.65. The molecule has 3 N–H and O–H groups in total. The molecule has 2 aromatic rings. The van der Waals surface area contributed by atoms with Crippen molar-refractivity contribution in [3.8, 4) is 5.75 Å². The minimum atomic E-state index is -0.624. The van der Waals surface area contributed by atoms with E-state index in [2.05, 4.69) is 0 Å². The maximum Gasteiger partial charge on any atom is 0.119 e. The first kappa shape index (κ1) is 14.8. The topological polar surface area (TPSA) is 55.5 Å². The van der Waals surface area contributed by atoms with Gasteiger partial charge in [-0.05, 0) is 41.5 Å². The van der Waals surface area contributed by atoms with E-state index in [0.29, 0.717) is 0 Å². The molecule has 0 radical (unpaired) electrons. The highest BCUT2D eigenvalue weighted by Gasteiger charge is 2.12. The van der Waals surface area contributed by atoms with E-state index in [9.17, 15) is 5.11 Å². The third-order valence-electron chi connectivity index (χ3n) is 2.91. The second-order valence-electron chi connectivity index (χ2n) is 4.28. The van der Waals surface area contributed by atoms with Gasteiger partial charge in [-0.2, -0.15) is 0 Å². The van der Waals surface area contributed by atoms with Gasteiger partial charge < -0.3 is 15.6 Å². The highest BCUT2D eigenvalue weighted by Crippen LogP contribution is 2.25. The van der Waals surface area contributed by atoms with Gasteiger partial charge >= 0.3 is 0 Å². The molecule has 0 saturated heterocycles. The van der Waals surface area contributed by atoms with E-state index in [0.717, 1.165) is 22.1 Å². The lowest BCUT2D eigenvalue weighted by molar-refractivity contribution is 0.153. The van der Waals surface area contributed by atoms with Gasteiger partial charge in [-0.3, -0.25) is 0 Å². The van der Waals surface area contributed by atoms with Crippen LogP contribution in [0.3, 0.4) is 0 Å². The molecule has 0 amide bonds. The van der Waals surface area contributed by atoms with Gasteiger partial charge in [0.2, 0.25) is 0 Å². The van der Waals surface area contributed by atoms with E-state index in [-0.39, 0.29) is 18.4 Å². The Kier molecular flexibility index (Phi) is 4.96. The predicted molar refractivity (Wildman–Crippen MR) is 76.4 cm³/mol. The molecule has 2 atom stereocenters. The SMILES string of the molecule is COc1ccc2cc(C(O)C(C)N)ccc2c1.Cl. The Hall–Kier alpha value is -1.29. The van der Waals surface area contributed by atoms with Crippen LogP contribution in [-0.4, -0.2) is 18.3 Å². The molecule has 4 heteroatoms. The fourth-order valence-corrected chi connectivity index (χ4v) is 1.86. The average Bonchev–Trinajstić information content (AvgIpc) is 2.36. The van der Waals surface area contributed by atoms with Crippen molar-refractivity contribution in [3.05, 3.63) is 42.0 Å². The Morgan fingerprint density at radius 2 is 1.72 bits per heavy atom. The van der Waals surface area contributed by atoms with Crippen molar-refractivity contribution in [2.75, 3.05) is 7.11 Å². The maximum atomic E-state index is 9.91. The van der Waals surface area contributed by atoms with Crippen LogP contribution in [0.5, 0.6) is 5.75 Å². The fourth-order valence-electron chi connectivity index (χ4n) is 1.86. The Balaban J connectivity index is 0.00000162. The van der Waals surface area contributed by atoms with Crippen LogP contribution in [0.2, 0.25) is 0 Å². The van der Waals surface area contributed by atoms with Gasteiger partial charge in [-0.1, -0.05) is 18.2 Å². The van der Waals surface area contributed by atoms with Crippen molar-refractivity contribution in [2.45, 2.75) is 19.1 Å². The van der Waals surface area contributed by atoms with Crippen LogP contribution in [0, 0.1) is 0 Å². The summed E-state index contributed by atoms with van der Waals surface area (Å²) in [5, 5.41) is 12.1. The molecule has 0 aliphatic heterocycles. The molecule has 0 aliphatic rings. The summed E-state index contributed by atoms with van der Waals surface area (Å²) in [5.41, 5.74) is 6.53. The highest BCUT2D eigenvalue weighted by molar-refractivity contribution is 5.85. The summed E-state index contributed by atoms with van der Waals surface area (Å²) in [6.45, 7) is 1.79. The van der Waals surface area contributed by atoms with E-state index in [1.807, 2.05) is 36.4 Å². The van der Waals surface area contributed by atoms with Crippen molar-refractivity contribution in [3.63, 3.8) is 0 Å². The minimum Gasteiger partial charge on any atom is -0.497 e. The standard InChI is InChI=1S/C14H17NO2.ClH/c1-9(15)14(16)12-4-3-11-8-13(17-2)6-5-10(11)7-12;/h3-9,14,16H,15H2,1-2H3;1H. The van der Waals surface area contributed by atoms with Gasteiger partial charge in [0, 0.05) is 6.04 Å². The molecular formula is C14H18ClNO2. The van der Waals surface area contributed by atoms with Crippen molar-refractivity contribution in [2.24, 2.45) is 5.73 Å². The number of methoxy groups -OCH3 is 1. The molecule has 0 aliphatic carbocycles. The largest absolute Gasteiger partial charge is 0.497 e. The number of halogens is 1. The van der Waals surface area contributed by atoms with Gasteiger partial charge in [-0.25, -0.2) is 0 Å². The number of hydrogen-bond donors (Lipinski definition) is 2. The molecular weight excluding hydrogens is 250 g/mol. The van der Waals surface area contributed by atoms with E-state index in [1.54, 1.807) is 14.0 Å². The van der Waals surface area contributed by atoms with Crippen LogP contribution in [0.1, 0.15) is 18.6 Å². The Bertz CT molecular complexity index is 528. The molecule has 2 rings (SSSR count). The number of fused-ring (bicyclic) bond motifs is 1. The van der Waals surface area contributed by atoms with Crippen LogP contribution >= 0.6 is 12.4 Å². The van der Waals surface area contributed by atoms with Gasteiger partial charge in [0.25, 0.3) is 0 Å². The molecule has 18 heavy (non-hydrogen) atoms. The van der Waals surface area contributed by atoms with Crippen LogP contribution < -0.4 is 10.5 Å². The number of benzene rings is 2. The highest BCUT2D eigenvalue weighted by atomic mass is 35.5. The normalized spacial score (nSPS) is 13.8. The lowest BCUT2D eigenvalue weighted by atomic mass is 10.00. The third kappa shape index (κ3) is 2.93. The molecule has 98 valence electrons. The van der Waals surface area contributed by atoms with Crippen LogP contribution in [-0.2, 0) is 0 Å². The number of nitrogens with two attached hydrogens (primary N) is 1. The van der Waals surface area contributed by atoms with Crippen molar-refractivity contribution >= 4 is 23.2 Å². The second kappa shape index (κ2) is 6.05. The third-order valence-corrected chi connectivity index (χ3v) is 2.91. The predicted octanol–water partition coefficient (Wildman–Crippen LogP) is 2.65. The van der Waals surface area contributed by atoms with E-state index >= 15 is 0 Å². The zero-order valence-corrected chi connectivity index (χ0v) is 11.3. The van der Waals surface area contributed by atoms with Crippen molar-refractivity contribution in [1.29, 1.82) is 0 Å². The first-order valence-electron chi connectivity index (χ1n) is 5.63. The Morgan fingerprint density at radius 3 is 2.33 bits per heavy atom. The van der Waals surface area contributed by atoms with Gasteiger partial charge in [0.1, 0.15) is 5.75 Å². The minimum absolute atomic E-state index is 0. The lowest BCUT2D eigenvalue weighted by Gasteiger charge is -2.15. The molecule has 2 unspecified atom stereocenters.